The molecule has 0 aliphatic heterocycles. The van der Waals surface area contributed by atoms with Crippen LogP contribution in [0.15, 0.2) is 23.0 Å². The summed E-state index contributed by atoms with van der Waals surface area (Å²) >= 11 is 1.51. The number of aromatic hydroxyl groups is 1. The molecule has 4 rings (SSSR count). The highest BCUT2D eigenvalue weighted by atomic mass is 32.1. The van der Waals surface area contributed by atoms with Gasteiger partial charge in [-0.15, -0.1) is 11.3 Å². The first-order valence-electron chi connectivity index (χ1n) is 9.13. The van der Waals surface area contributed by atoms with Crippen LogP contribution < -0.4 is 10.9 Å². The molecule has 0 unspecified atom stereocenters. The number of aromatic nitrogens is 1. The van der Waals surface area contributed by atoms with Crippen LogP contribution in [-0.4, -0.2) is 16.0 Å². The van der Waals surface area contributed by atoms with Crippen molar-refractivity contribution in [3.63, 3.8) is 0 Å². The number of aryl methyl sites for hydroxylation is 3. The van der Waals surface area contributed by atoms with E-state index in [-0.39, 0.29) is 11.3 Å². The van der Waals surface area contributed by atoms with Crippen molar-refractivity contribution < 1.29 is 9.90 Å². The summed E-state index contributed by atoms with van der Waals surface area (Å²) in [6.45, 7) is 6.08. The van der Waals surface area contributed by atoms with Gasteiger partial charge in [-0.2, -0.15) is 0 Å². The number of benzene rings is 1. The number of aromatic amines is 1. The number of rotatable bonds is 2. The minimum Gasteiger partial charge on any atom is -0.506 e. The number of anilines is 1. The fourth-order valence-electron chi connectivity index (χ4n) is 3.84. The van der Waals surface area contributed by atoms with Gasteiger partial charge >= 0.3 is 0 Å². The third kappa shape index (κ3) is 3.04. The van der Waals surface area contributed by atoms with Gasteiger partial charge in [0.1, 0.15) is 16.1 Å². The molecule has 1 amide bonds. The van der Waals surface area contributed by atoms with Crippen molar-refractivity contribution in [2.24, 2.45) is 5.92 Å². The number of carbonyl (C=O) groups excluding carboxylic acids is 1. The third-order valence-electron chi connectivity index (χ3n) is 5.30. The zero-order valence-corrected chi connectivity index (χ0v) is 16.4. The van der Waals surface area contributed by atoms with E-state index in [4.69, 9.17) is 0 Å². The van der Waals surface area contributed by atoms with E-state index in [1.54, 1.807) is 6.07 Å². The van der Waals surface area contributed by atoms with E-state index in [0.29, 0.717) is 21.8 Å². The molecule has 27 heavy (non-hydrogen) atoms. The number of amides is 1. The summed E-state index contributed by atoms with van der Waals surface area (Å²) in [5.41, 5.74) is 2.91. The fourth-order valence-corrected chi connectivity index (χ4v) is 5.24. The van der Waals surface area contributed by atoms with Crippen LogP contribution in [0.1, 0.15) is 45.3 Å². The van der Waals surface area contributed by atoms with Crippen LogP contribution >= 0.6 is 11.3 Å². The molecule has 1 aliphatic rings. The summed E-state index contributed by atoms with van der Waals surface area (Å²) in [6.07, 6.45) is 2.84. The van der Waals surface area contributed by atoms with Gasteiger partial charge < -0.3 is 15.4 Å². The summed E-state index contributed by atoms with van der Waals surface area (Å²) in [5.74, 6) is -0.207. The lowest BCUT2D eigenvalue weighted by molar-refractivity contribution is 0.102. The maximum atomic E-state index is 12.8. The van der Waals surface area contributed by atoms with E-state index < -0.39 is 11.5 Å². The molecule has 6 heteroatoms. The molecule has 2 aromatic heterocycles. The molecular weight excluding hydrogens is 360 g/mol. The molecule has 0 saturated heterocycles. The Morgan fingerprint density at radius 3 is 2.85 bits per heavy atom. The molecule has 0 fully saturated rings. The van der Waals surface area contributed by atoms with E-state index >= 15 is 0 Å². The van der Waals surface area contributed by atoms with E-state index in [0.717, 1.165) is 36.0 Å². The summed E-state index contributed by atoms with van der Waals surface area (Å²) in [4.78, 5) is 30.0. The first-order valence-corrected chi connectivity index (χ1v) is 9.95. The van der Waals surface area contributed by atoms with Crippen molar-refractivity contribution in [3.05, 3.63) is 55.7 Å². The summed E-state index contributed by atoms with van der Waals surface area (Å²) in [7, 11) is 0. The molecule has 140 valence electrons. The highest BCUT2D eigenvalue weighted by Gasteiger charge is 2.27. The number of fused-ring (bicyclic) bond motifs is 3. The van der Waals surface area contributed by atoms with Gasteiger partial charge in [0.2, 0.25) is 0 Å². The van der Waals surface area contributed by atoms with Gasteiger partial charge in [-0.3, -0.25) is 9.59 Å². The summed E-state index contributed by atoms with van der Waals surface area (Å²) in [6, 6.07) is 5.66. The van der Waals surface area contributed by atoms with Crippen molar-refractivity contribution in [2.45, 2.75) is 40.0 Å². The second-order valence-corrected chi connectivity index (χ2v) is 8.61. The zero-order chi connectivity index (χ0) is 19.3. The largest absolute Gasteiger partial charge is 0.506 e. The molecule has 0 radical (unpaired) electrons. The molecule has 0 bridgehead atoms. The summed E-state index contributed by atoms with van der Waals surface area (Å²) in [5, 5.41) is 14.2. The number of hydrogen-bond acceptors (Lipinski definition) is 4. The first-order chi connectivity index (χ1) is 12.8. The van der Waals surface area contributed by atoms with Crippen molar-refractivity contribution >= 4 is 33.1 Å². The van der Waals surface area contributed by atoms with Crippen molar-refractivity contribution in [3.8, 4) is 5.75 Å². The Kier molecular flexibility index (Phi) is 4.30. The lowest BCUT2D eigenvalue weighted by atomic mass is 9.89. The number of hydrogen-bond donors (Lipinski definition) is 3. The SMILES string of the molecule is Cc1ccc(NC(=O)c2c(O)c3c4c(sc3[nH]c2=O)C[C@@H](C)CC4)c(C)c1. The standard InChI is InChI=1S/C21H22N2O3S/c1-10-5-7-14(12(3)8-10)22-19(25)17-18(24)16-13-6-4-11(2)9-15(13)27-21(16)23-20(17)26/h5,7-8,11H,4,6,9H2,1-3H3,(H,22,25)(H2,23,24,26)/t11-/m0/s1. The smallest absolute Gasteiger partial charge is 0.265 e. The normalized spacial score (nSPS) is 16.3. The fraction of sp³-hybridized carbons (Fsp3) is 0.333. The number of pyridine rings is 1. The predicted octanol–water partition coefficient (Wildman–Crippen LogP) is 4.29. The zero-order valence-electron chi connectivity index (χ0n) is 15.6. The highest BCUT2D eigenvalue weighted by molar-refractivity contribution is 7.18. The number of thiophene rings is 1. The van der Waals surface area contributed by atoms with Crippen LogP contribution in [0.4, 0.5) is 5.69 Å². The molecule has 2 heterocycles. The third-order valence-corrected chi connectivity index (χ3v) is 6.47. The van der Waals surface area contributed by atoms with Gasteiger partial charge in [-0.05, 0) is 56.2 Å². The van der Waals surface area contributed by atoms with E-state index in [1.807, 2.05) is 26.0 Å². The van der Waals surface area contributed by atoms with Crippen molar-refractivity contribution in [2.75, 3.05) is 5.32 Å². The number of nitrogens with one attached hydrogen (secondary N) is 2. The monoisotopic (exact) mass is 382 g/mol. The van der Waals surface area contributed by atoms with Crippen LogP contribution in [0.5, 0.6) is 5.75 Å². The van der Waals surface area contributed by atoms with Gasteiger partial charge in [0.25, 0.3) is 11.5 Å². The average Bonchev–Trinajstić information content (AvgIpc) is 2.94. The number of H-pyrrole nitrogens is 1. The second-order valence-electron chi connectivity index (χ2n) is 7.51. The average molecular weight is 382 g/mol. The topological polar surface area (TPSA) is 82.2 Å². The van der Waals surface area contributed by atoms with E-state index in [9.17, 15) is 14.7 Å². The number of carbonyl (C=O) groups is 1. The van der Waals surface area contributed by atoms with E-state index in [2.05, 4.69) is 17.2 Å². The maximum Gasteiger partial charge on any atom is 0.265 e. The Morgan fingerprint density at radius 2 is 2.11 bits per heavy atom. The predicted molar refractivity (Wildman–Crippen MR) is 109 cm³/mol. The van der Waals surface area contributed by atoms with Crippen molar-refractivity contribution in [1.29, 1.82) is 0 Å². The van der Waals surface area contributed by atoms with Gasteiger partial charge in [0.05, 0.1) is 5.39 Å². The molecule has 5 nitrogen and oxygen atoms in total. The Bertz CT molecular complexity index is 1130. The Hall–Kier alpha value is -2.60. The molecule has 3 aromatic rings. The van der Waals surface area contributed by atoms with Crippen LogP contribution in [0.2, 0.25) is 0 Å². The lowest BCUT2D eigenvalue weighted by Crippen LogP contribution is -2.23. The molecule has 1 atom stereocenters. The second kappa shape index (κ2) is 6.53. The van der Waals surface area contributed by atoms with Crippen molar-refractivity contribution in [1.82, 2.24) is 4.98 Å². The van der Waals surface area contributed by atoms with Crippen LogP contribution in [0.25, 0.3) is 10.2 Å². The highest BCUT2D eigenvalue weighted by Crippen LogP contribution is 2.41. The van der Waals surface area contributed by atoms with E-state index in [1.165, 1.54) is 16.2 Å². The molecule has 1 aliphatic carbocycles. The Balaban J connectivity index is 1.79. The van der Waals surface area contributed by atoms with Crippen LogP contribution in [0.3, 0.4) is 0 Å². The Morgan fingerprint density at radius 1 is 1.33 bits per heavy atom. The molecule has 0 saturated carbocycles. The quantitative estimate of drug-likeness (QED) is 0.618. The van der Waals surface area contributed by atoms with Crippen LogP contribution in [0, 0.1) is 19.8 Å². The van der Waals surface area contributed by atoms with Gasteiger partial charge in [0, 0.05) is 10.6 Å². The lowest BCUT2D eigenvalue weighted by Gasteiger charge is -2.18. The Labute approximate surface area is 161 Å². The first kappa shape index (κ1) is 17.8. The van der Waals surface area contributed by atoms with Gasteiger partial charge in [-0.25, -0.2) is 0 Å². The summed E-state index contributed by atoms with van der Waals surface area (Å²) < 4.78 is 0. The minimum atomic E-state index is -0.591. The van der Waals surface area contributed by atoms with Crippen LogP contribution in [-0.2, 0) is 12.8 Å². The molecular formula is C21H22N2O3S. The van der Waals surface area contributed by atoms with Gasteiger partial charge in [-0.1, -0.05) is 24.6 Å². The molecule has 0 spiro atoms. The molecule has 3 N–H and O–H groups in total. The minimum absolute atomic E-state index is 0.205. The van der Waals surface area contributed by atoms with Gasteiger partial charge in [0.15, 0.2) is 0 Å². The maximum absolute atomic E-state index is 12.8. The molecule has 1 aromatic carbocycles.